The first kappa shape index (κ1) is 11.3. The normalized spacial score (nSPS) is 26.5. The van der Waals surface area contributed by atoms with Gasteiger partial charge in [0.05, 0.1) is 0 Å². The number of nitrogens with one attached hydrogen (secondary N) is 1. The van der Waals surface area contributed by atoms with Gasteiger partial charge in [-0.05, 0) is 34.2 Å². The second-order valence-corrected chi connectivity index (χ2v) is 6.52. The van der Waals surface area contributed by atoms with Crippen LogP contribution in [0.25, 0.3) is 0 Å². The van der Waals surface area contributed by atoms with E-state index in [-0.39, 0.29) is 0 Å². The molecule has 1 aromatic rings. The van der Waals surface area contributed by atoms with Gasteiger partial charge in [0.15, 0.2) is 3.92 Å². The van der Waals surface area contributed by atoms with Crippen molar-refractivity contribution >= 4 is 32.4 Å². The van der Waals surface area contributed by atoms with Crippen LogP contribution >= 0.6 is 27.3 Å². The van der Waals surface area contributed by atoms with Crippen molar-refractivity contribution in [2.45, 2.75) is 32.6 Å². The summed E-state index contributed by atoms with van der Waals surface area (Å²) in [5.41, 5.74) is 0. The van der Waals surface area contributed by atoms with Crippen molar-refractivity contribution in [1.29, 1.82) is 0 Å². The third-order valence-corrected chi connectivity index (χ3v) is 4.52. The molecule has 0 amide bonds. The lowest BCUT2D eigenvalue weighted by Gasteiger charge is -2.28. The monoisotopic (exact) mass is 289 g/mol. The second-order valence-electron chi connectivity index (χ2n) is 4.26. The first-order chi connectivity index (χ1) is 7.25. The number of anilines is 1. The van der Waals surface area contributed by atoms with Crippen LogP contribution in [0.1, 0.15) is 32.6 Å². The van der Waals surface area contributed by atoms with Gasteiger partial charge in [-0.15, -0.1) is 10.2 Å². The molecule has 2 atom stereocenters. The Bertz CT molecular complexity index is 315. The Kier molecular flexibility index (Phi) is 3.97. The molecule has 2 unspecified atom stereocenters. The fourth-order valence-corrected chi connectivity index (χ4v) is 3.21. The van der Waals surface area contributed by atoms with Crippen LogP contribution in [0.15, 0.2) is 3.92 Å². The Morgan fingerprint density at radius 1 is 1.40 bits per heavy atom. The largest absolute Gasteiger partial charge is 0.360 e. The maximum atomic E-state index is 4.04. The molecule has 0 bridgehead atoms. The number of aromatic nitrogens is 2. The zero-order valence-electron chi connectivity index (χ0n) is 8.87. The minimum Gasteiger partial charge on any atom is -0.360 e. The SMILES string of the molecule is CC1CCCCC1CNc1nnc(Br)s1. The standard InChI is InChI=1S/C10H16BrN3S/c1-7-4-2-3-5-8(7)6-12-10-14-13-9(11)15-10/h7-8H,2-6H2,1H3,(H,12,14). The summed E-state index contributed by atoms with van der Waals surface area (Å²) in [6.45, 7) is 3.41. The molecule has 2 rings (SSSR count). The second kappa shape index (κ2) is 5.25. The molecular formula is C10H16BrN3S. The van der Waals surface area contributed by atoms with Gasteiger partial charge in [-0.3, -0.25) is 0 Å². The van der Waals surface area contributed by atoms with Crippen LogP contribution < -0.4 is 5.32 Å². The van der Waals surface area contributed by atoms with E-state index in [2.05, 4.69) is 38.4 Å². The summed E-state index contributed by atoms with van der Waals surface area (Å²) in [5, 5.41) is 12.3. The smallest absolute Gasteiger partial charge is 0.206 e. The zero-order chi connectivity index (χ0) is 10.7. The summed E-state index contributed by atoms with van der Waals surface area (Å²) in [7, 11) is 0. The molecular weight excluding hydrogens is 274 g/mol. The highest BCUT2D eigenvalue weighted by Crippen LogP contribution is 2.30. The van der Waals surface area contributed by atoms with Crippen molar-refractivity contribution in [1.82, 2.24) is 10.2 Å². The van der Waals surface area contributed by atoms with Gasteiger partial charge in [0, 0.05) is 6.54 Å². The molecule has 3 nitrogen and oxygen atoms in total. The van der Waals surface area contributed by atoms with Crippen LogP contribution in [0, 0.1) is 11.8 Å². The van der Waals surface area contributed by atoms with Crippen molar-refractivity contribution in [2.24, 2.45) is 11.8 Å². The van der Waals surface area contributed by atoms with Gasteiger partial charge < -0.3 is 5.32 Å². The molecule has 1 fully saturated rings. The number of hydrogen-bond acceptors (Lipinski definition) is 4. The first-order valence-electron chi connectivity index (χ1n) is 5.48. The molecule has 0 saturated heterocycles. The van der Waals surface area contributed by atoms with Gasteiger partial charge in [-0.2, -0.15) is 0 Å². The topological polar surface area (TPSA) is 37.8 Å². The molecule has 0 radical (unpaired) electrons. The molecule has 1 N–H and O–H groups in total. The Morgan fingerprint density at radius 3 is 2.87 bits per heavy atom. The summed E-state index contributed by atoms with van der Waals surface area (Å²) >= 11 is 4.88. The minimum atomic E-state index is 0.807. The average Bonchev–Trinajstić information content (AvgIpc) is 2.63. The van der Waals surface area contributed by atoms with Crippen molar-refractivity contribution in [3.63, 3.8) is 0 Å². The lowest BCUT2D eigenvalue weighted by molar-refractivity contribution is 0.268. The molecule has 84 valence electrons. The minimum absolute atomic E-state index is 0.807. The van der Waals surface area contributed by atoms with E-state index in [9.17, 15) is 0 Å². The molecule has 1 saturated carbocycles. The van der Waals surface area contributed by atoms with E-state index in [1.807, 2.05) is 0 Å². The molecule has 1 aromatic heterocycles. The number of hydrogen-bond donors (Lipinski definition) is 1. The Labute approximate surface area is 103 Å². The predicted molar refractivity (Wildman–Crippen MR) is 67.2 cm³/mol. The number of nitrogens with zero attached hydrogens (tertiary/aromatic N) is 2. The third-order valence-electron chi connectivity index (χ3n) is 3.20. The highest BCUT2D eigenvalue weighted by atomic mass is 79.9. The number of rotatable bonds is 3. The highest BCUT2D eigenvalue weighted by Gasteiger charge is 2.21. The summed E-state index contributed by atoms with van der Waals surface area (Å²) < 4.78 is 0.849. The van der Waals surface area contributed by atoms with Gasteiger partial charge >= 0.3 is 0 Å². The molecule has 1 aliphatic rings. The van der Waals surface area contributed by atoms with Crippen molar-refractivity contribution < 1.29 is 0 Å². The van der Waals surface area contributed by atoms with Crippen LogP contribution in [0.5, 0.6) is 0 Å². The average molecular weight is 290 g/mol. The van der Waals surface area contributed by atoms with E-state index in [0.717, 1.165) is 27.4 Å². The Hall–Kier alpha value is -0.160. The van der Waals surface area contributed by atoms with Crippen molar-refractivity contribution in [3.8, 4) is 0 Å². The Balaban J connectivity index is 1.81. The van der Waals surface area contributed by atoms with Gasteiger partial charge in [0.2, 0.25) is 5.13 Å². The van der Waals surface area contributed by atoms with Crippen LogP contribution in [0.2, 0.25) is 0 Å². The maximum absolute atomic E-state index is 4.04. The van der Waals surface area contributed by atoms with E-state index < -0.39 is 0 Å². The van der Waals surface area contributed by atoms with Crippen LogP contribution in [0.3, 0.4) is 0 Å². The molecule has 1 heterocycles. The predicted octanol–water partition coefficient (Wildman–Crippen LogP) is 3.54. The van der Waals surface area contributed by atoms with E-state index in [1.165, 1.54) is 25.7 Å². The summed E-state index contributed by atoms with van der Waals surface area (Å²) in [4.78, 5) is 0. The maximum Gasteiger partial charge on any atom is 0.206 e. The zero-order valence-corrected chi connectivity index (χ0v) is 11.3. The fourth-order valence-electron chi connectivity index (χ4n) is 2.19. The third kappa shape index (κ3) is 3.14. The highest BCUT2D eigenvalue weighted by molar-refractivity contribution is 9.11. The van der Waals surface area contributed by atoms with Gasteiger partial charge in [0.1, 0.15) is 0 Å². The van der Waals surface area contributed by atoms with Gasteiger partial charge in [-0.25, -0.2) is 0 Å². The molecule has 15 heavy (non-hydrogen) atoms. The van der Waals surface area contributed by atoms with E-state index in [1.54, 1.807) is 11.3 Å². The summed E-state index contributed by atoms with van der Waals surface area (Å²) in [5.74, 6) is 1.66. The molecule has 1 aliphatic carbocycles. The lowest BCUT2D eigenvalue weighted by atomic mass is 9.80. The Morgan fingerprint density at radius 2 is 2.20 bits per heavy atom. The fraction of sp³-hybridized carbons (Fsp3) is 0.800. The summed E-state index contributed by atoms with van der Waals surface area (Å²) in [6, 6.07) is 0. The number of halogens is 1. The summed E-state index contributed by atoms with van der Waals surface area (Å²) in [6.07, 6.45) is 5.53. The van der Waals surface area contributed by atoms with Gasteiger partial charge in [0.25, 0.3) is 0 Å². The van der Waals surface area contributed by atoms with Crippen LogP contribution in [0.4, 0.5) is 5.13 Å². The van der Waals surface area contributed by atoms with E-state index in [0.29, 0.717) is 0 Å². The lowest BCUT2D eigenvalue weighted by Crippen LogP contribution is -2.24. The molecule has 5 heteroatoms. The first-order valence-corrected chi connectivity index (χ1v) is 7.09. The quantitative estimate of drug-likeness (QED) is 0.925. The molecule has 0 spiro atoms. The molecule has 0 aliphatic heterocycles. The molecule has 0 aromatic carbocycles. The van der Waals surface area contributed by atoms with Crippen LogP contribution in [-0.4, -0.2) is 16.7 Å². The van der Waals surface area contributed by atoms with Gasteiger partial charge in [-0.1, -0.05) is 37.5 Å². The van der Waals surface area contributed by atoms with E-state index >= 15 is 0 Å². The van der Waals surface area contributed by atoms with Crippen molar-refractivity contribution in [2.75, 3.05) is 11.9 Å². The van der Waals surface area contributed by atoms with Crippen LogP contribution in [-0.2, 0) is 0 Å². The van der Waals surface area contributed by atoms with Crippen molar-refractivity contribution in [3.05, 3.63) is 3.92 Å². The van der Waals surface area contributed by atoms with E-state index in [4.69, 9.17) is 0 Å².